The van der Waals surface area contributed by atoms with Crippen molar-refractivity contribution in [2.45, 2.75) is 38.8 Å². The van der Waals surface area contributed by atoms with E-state index in [-0.39, 0.29) is 17.9 Å². The molecule has 0 radical (unpaired) electrons. The van der Waals surface area contributed by atoms with Crippen molar-refractivity contribution in [2.24, 2.45) is 0 Å². The first kappa shape index (κ1) is 23.9. The number of rotatable bonds is 5. The van der Waals surface area contributed by atoms with Crippen LogP contribution in [0.4, 0.5) is 11.9 Å². The highest BCUT2D eigenvalue weighted by Gasteiger charge is 2.30. The number of likely N-dealkylation sites (tertiary alicyclic amines) is 1. The normalized spacial score (nSPS) is 17.8. The minimum Gasteiger partial charge on any atom is -0.453 e. The number of aromatic nitrogens is 6. The van der Waals surface area contributed by atoms with E-state index in [4.69, 9.17) is 25.2 Å². The van der Waals surface area contributed by atoms with E-state index < -0.39 is 12.1 Å². The van der Waals surface area contributed by atoms with Crippen molar-refractivity contribution in [3.8, 4) is 11.3 Å². The molecule has 1 amide bonds. The van der Waals surface area contributed by atoms with Gasteiger partial charge in [0.15, 0.2) is 11.8 Å². The average molecular weight is 496 g/mol. The summed E-state index contributed by atoms with van der Waals surface area (Å²) in [5.74, 6) is 0.143. The van der Waals surface area contributed by atoms with Crippen molar-refractivity contribution in [2.75, 3.05) is 50.0 Å². The third kappa shape index (κ3) is 4.78. The summed E-state index contributed by atoms with van der Waals surface area (Å²) in [6.45, 7) is 6.61. The summed E-state index contributed by atoms with van der Waals surface area (Å²) in [7, 11) is 0. The van der Waals surface area contributed by atoms with E-state index in [1.165, 1.54) is 6.92 Å². The molecule has 2 saturated heterocycles. The first-order valence-electron chi connectivity index (χ1n) is 12.0. The van der Waals surface area contributed by atoms with E-state index in [0.717, 1.165) is 18.5 Å². The third-order valence-electron chi connectivity index (χ3n) is 6.51. The Balaban J connectivity index is 1.44. The van der Waals surface area contributed by atoms with Crippen LogP contribution in [-0.2, 0) is 19.1 Å². The molecule has 2 aliphatic rings. The van der Waals surface area contributed by atoms with Gasteiger partial charge in [-0.25, -0.2) is 19.9 Å². The summed E-state index contributed by atoms with van der Waals surface area (Å²) in [4.78, 5) is 50.4. The molecule has 2 fully saturated rings. The number of hydrogen-bond donors (Lipinski definition) is 1. The van der Waals surface area contributed by atoms with E-state index in [1.807, 2.05) is 0 Å². The standard InChI is InChI=1S/C23H29N9O4/c1-14(36-15(2)33)21(34)30-5-3-17(4-6-30)32-13-27-19-18(16-11-25-22(24)26-12-16)28-23(29-20(19)32)31-7-9-35-10-8-31/h11-14,17H,3-10H2,1-2H3,(H2,24,25,26)/t14-/m0/s1. The highest BCUT2D eigenvalue weighted by atomic mass is 16.5. The van der Waals surface area contributed by atoms with Gasteiger partial charge in [0.2, 0.25) is 11.9 Å². The van der Waals surface area contributed by atoms with Crippen LogP contribution < -0.4 is 10.6 Å². The number of esters is 1. The Hall–Kier alpha value is -3.87. The summed E-state index contributed by atoms with van der Waals surface area (Å²) in [6.07, 6.45) is 5.72. The molecule has 1 atom stereocenters. The third-order valence-corrected chi connectivity index (χ3v) is 6.51. The number of fused-ring (bicyclic) bond motifs is 1. The van der Waals surface area contributed by atoms with Crippen LogP contribution in [0, 0.1) is 0 Å². The predicted octanol–water partition coefficient (Wildman–Crippen LogP) is 0.817. The quantitative estimate of drug-likeness (QED) is 0.500. The van der Waals surface area contributed by atoms with E-state index in [0.29, 0.717) is 62.1 Å². The molecule has 5 rings (SSSR count). The van der Waals surface area contributed by atoms with Crippen molar-refractivity contribution in [1.29, 1.82) is 0 Å². The molecule has 0 bridgehead atoms. The molecule has 2 N–H and O–H groups in total. The average Bonchev–Trinajstić information content (AvgIpc) is 3.32. The van der Waals surface area contributed by atoms with Gasteiger partial charge in [-0.2, -0.15) is 4.98 Å². The Morgan fingerprint density at radius 1 is 1.08 bits per heavy atom. The van der Waals surface area contributed by atoms with Crippen molar-refractivity contribution in [1.82, 2.24) is 34.4 Å². The summed E-state index contributed by atoms with van der Waals surface area (Å²) >= 11 is 0. The topological polar surface area (TPSA) is 154 Å². The molecule has 3 aromatic rings. The van der Waals surface area contributed by atoms with Crippen molar-refractivity contribution < 1.29 is 19.1 Å². The molecule has 0 aromatic carbocycles. The molecule has 2 aliphatic heterocycles. The number of morpholine rings is 1. The zero-order valence-corrected chi connectivity index (χ0v) is 20.3. The molecule has 0 spiro atoms. The fourth-order valence-electron chi connectivity index (χ4n) is 4.66. The maximum Gasteiger partial charge on any atom is 0.303 e. The molecule has 0 saturated carbocycles. The lowest BCUT2D eigenvalue weighted by Crippen LogP contribution is -2.44. The Bertz CT molecular complexity index is 1250. The zero-order valence-electron chi connectivity index (χ0n) is 20.3. The number of amides is 1. The van der Waals surface area contributed by atoms with Gasteiger partial charge >= 0.3 is 5.97 Å². The van der Waals surface area contributed by atoms with Crippen LogP contribution in [0.2, 0.25) is 0 Å². The van der Waals surface area contributed by atoms with E-state index in [2.05, 4.69) is 24.4 Å². The smallest absolute Gasteiger partial charge is 0.303 e. The zero-order chi connectivity index (χ0) is 25.2. The van der Waals surface area contributed by atoms with Crippen LogP contribution in [0.15, 0.2) is 18.7 Å². The lowest BCUT2D eigenvalue weighted by molar-refractivity contribution is -0.158. The summed E-state index contributed by atoms with van der Waals surface area (Å²) in [5.41, 5.74) is 8.41. The molecule has 190 valence electrons. The summed E-state index contributed by atoms with van der Waals surface area (Å²) in [5, 5.41) is 0. The van der Waals surface area contributed by atoms with Crippen LogP contribution in [-0.4, -0.2) is 91.8 Å². The molecule has 13 nitrogen and oxygen atoms in total. The van der Waals surface area contributed by atoms with E-state index >= 15 is 0 Å². The number of nitrogens with two attached hydrogens (primary N) is 1. The Labute approximate surface area is 207 Å². The second-order valence-electron chi connectivity index (χ2n) is 8.93. The molecular formula is C23H29N9O4. The second-order valence-corrected chi connectivity index (χ2v) is 8.93. The van der Waals surface area contributed by atoms with Crippen molar-refractivity contribution in [3.63, 3.8) is 0 Å². The van der Waals surface area contributed by atoms with Gasteiger partial charge in [-0.15, -0.1) is 0 Å². The molecule has 36 heavy (non-hydrogen) atoms. The molecule has 0 aliphatic carbocycles. The maximum atomic E-state index is 12.7. The van der Waals surface area contributed by atoms with Crippen molar-refractivity contribution >= 4 is 34.9 Å². The first-order chi connectivity index (χ1) is 17.4. The largest absolute Gasteiger partial charge is 0.453 e. The number of ether oxygens (including phenoxy) is 2. The predicted molar refractivity (Wildman–Crippen MR) is 130 cm³/mol. The van der Waals surface area contributed by atoms with Gasteiger partial charge in [0, 0.05) is 57.1 Å². The lowest BCUT2D eigenvalue weighted by atomic mass is 10.0. The highest BCUT2D eigenvalue weighted by Crippen LogP contribution is 2.31. The van der Waals surface area contributed by atoms with Gasteiger partial charge in [0.05, 0.1) is 19.5 Å². The molecule has 5 heterocycles. The summed E-state index contributed by atoms with van der Waals surface area (Å²) in [6, 6.07) is 0.103. The van der Waals surface area contributed by atoms with Gasteiger partial charge < -0.3 is 29.6 Å². The number of carbonyl (C=O) groups excluding carboxylic acids is 2. The SMILES string of the molecule is CC(=O)O[C@@H](C)C(=O)N1CCC(n2cnc3c(-c4cnc(N)nc4)nc(N4CCOCC4)nc32)CC1. The number of imidazole rings is 1. The number of carbonyl (C=O) groups is 2. The second kappa shape index (κ2) is 10.0. The number of anilines is 2. The Morgan fingerprint density at radius 2 is 1.78 bits per heavy atom. The highest BCUT2D eigenvalue weighted by molar-refractivity contribution is 5.88. The van der Waals surface area contributed by atoms with Gasteiger partial charge in [-0.05, 0) is 19.8 Å². The Kier molecular flexibility index (Phi) is 6.63. The maximum absolute atomic E-state index is 12.7. The van der Waals surface area contributed by atoms with Crippen LogP contribution >= 0.6 is 0 Å². The first-order valence-corrected chi connectivity index (χ1v) is 12.0. The van der Waals surface area contributed by atoms with Gasteiger partial charge in [-0.3, -0.25) is 9.59 Å². The van der Waals surface area contributed by atoms with Crippen LogP contribution in [0.1, 0.15) is 32.7 Å². The van der Waals surface area contributed by atoms with E-state index in [9.17, 15) is 9.59 Å². The van der Waals surface area contributed by atoms with Gasteiger partial charge in [0.25, 0.3) is 5.91 Å². The summed E-state index contributed by atoms with van der Waals surface area (Å²) < 4.78 is 12.6. The van der Waals surface area contributed by atoms with Gasteiger partial charge in [-0.1, -0.05) is 0 Å². The minimum absolute atomic E-state index is 0.103. The monoisotopic (exact) mass is 495 g/mol. The fraction of sp³-hybridized carbons (Fsp3) is 0.522. The minimum atomic E-state index is -0.790. The number of hydrogen-bond acceptors (Lipinski definition) is 11. The number of nitrogen functional groups attached to an aromatic ring is 1. The molecule has 3 aromatic heterocycles. The van der Waals surface area contributed by atoms with E-state index in [1.54, 1.807) is 30.5 Å². The number of nitrogens with zero attached hydrogens (tertiary/aromatic N) is 8. The van der Waals surface area contributed by atoms with Crippen LogP contribution in [0.3, 0.4) is 0 Å². The molecule has 0 unspecified atom stereocenters. The Morgan fingerprint density at radius 3 is 2.44 bits per heavy atom. The lowest BCUT2D eigenvalue weighted by Gasteiger charge is -2.34. The van der Waals surface area contributed by atoms with Gasteiger partial charge in [0.1, 0.15) is 11.2 Å². The molecular weight excluding hydrogens is 466 g/mol. The van der Waals surface area contributed by atoms with Crippen molar-refractivity contribution in [3.05, 3.63) is 18.7 Å². The fourth-order valence-corrected chi connectivity index (χ4v) is 4.66. The van der Waals surface area contributed by atoms with Crippen LogP contribution in [0.25, 0.3) is 22.4 Å². The molecule has 13 heteroatoms. The number of piperidine rings is 1. The van der Waals surface area contributed by atoms with Crippen LogP contribution in [0.5, 0.6) is 0 Å².